The third-order valence-corrected chi connectivity index (χ3v) is 7.68. The summed E-state index contributed by atoms with van der Waals surface area (Å²) in [5.41, 5.74) is -0.809. The second kappa shape index (κ2) is 8.54. The van der Waals surface area contributed by atoms with Gasteiger partial charge in [-0.05, 0) is 59.9 Å². The van der Waals surface area contributed by atoms with Crippen LogP contribution in [-0.2, 0) is 5.41 Å². The highest BCUT2D eigenvalue weighted by Gasteiger charge is 2.56. The largest absolute Gasteiger partial charge is 0.401 e. The van der Waals surface area contributed by atoms with Crippen molar-refractivity contribution in [3.05, 3.63) is 74.2 Å². The van der Waals surface area contributed by atoms with E-state index in [1.807, 2.05) is 0 Å². The van der Waals surface area contributed by atoms with E-state index in [2.05, 4.69) is 5.32 Å². The van der Waals surface area contributed by atoms with Gasteiger partial charge in [0.05, 0.1) is 10.6 Å². The number of halogens is 6. The number of amides is 1. The van der Waals surface area contributed by atoms with Crippen LogP contribution in [0, 0.1) is 0 Å². The summed E-state index contributed by atoms with van der Waals surface area (Å²) in [4.78, 5) is 12.4. The average molecular weight is 507 g/mol. The summed E-state index contributed by atoms with van der Waals surface area (Å²) in [5, 5.41) is 3.40. The highest BCUT2D eigenvalue weighted by Crippen LogP contribution is 2.53. The predicted octanol–water partition coefficient (Wildman–Crippen LogP) is 7.17. The zero-order chi connectivity index (χ0) is 22.4. The van der Waals surface area contributed by atoms with Gasteiger partial charge in [-0.2, -0.15) is 24.9 Å². The van der Waals surface area contributed by atoms with E-state index in [9.17, 15) is 18.0 Å². The van der Waals surface area contributed by atoms with E-state index in [1.54, 1.807) is 30.0 Å². The van der Waals surface area contributed by atoms with Gasteiger partial charge < -0.3 is 5.32 Å². The first-order valence-corrected chi connectivity index (χ1v) is 11.8. The van der Waals surface area contributed by atoms with Crippen molar-refractivity contribution < 1.29 is 18.0 Å². The first-order chi connectivity index (χ1) is 14.6. The van der Waals surface area contributed by atoms with E-state index in [1.165, 1.54) is 24.3 Å². The van der Waals surface area contributed by atoms with Crippen LogP contribution in [0.25, 0.3) is 5.57 Å². The number of hydrogen-bond donors (Lipinski definition) is 1. The summed E-state index contributed by atoms with van der Waals surface area (Å²) in [6.07, 6.45) is -3.27. The Kier molecular flexibility index (Phi) is 6.29. The molecule has 0 aromatic heterocycles. The minimum atomic E-state index is -4.53. The van der Waals surface area contributed by atoms with Gasteiger partial charge >= 0.3 is 6.18 Å². The molecule has 1 fully saturated rings. The molecular weight excluding hydrogens is 490 g/mol. The van der Waals surface area contributed by atoms with E-state index in [-0.39, 0.29) is 45.4 Å². The van der Waals surface area contributed by atoms with Crippen LogP contribution in [0.15, 0.2) is 42.5 Å². The van der Waals surface area contributed by atoms with E-state index < -0.39 is 11.6 Å². The molecule has 2 aromatic rings. The maximum atomic E-state index is 14.3. The molecule has 0 spiro atoms. The zero-order valence-corrected chi connectivity index (χ0v) is 19.1. The fraction of sp³-hybridized carbons (Fsp3) is 0.318. The molecule has 2 aliphatic rings. The molecule has 0 saturated carbocycles. The van der Waals surface area contributed by atoms with Crippen molar-refractivity contribution in [1.29, 1.82) is 0 Å². The number of hydrogen-bond acceptors (Lipinski definition) is 2. The fourth-order valence-corrected chi connectivity index (χ4v) is 5.34. The average Bonchev–Trinajstić information content (AvgIpc) is 3.10. The predicted molar refractivity (Wildman–Crippen MR) is 121 cm³/mol. The fourth-order valence-electron chi connectivity index (χ4n) is 3.91. The summed E-state index contributed by atoms with van der Waals surface area (Å²) < 4.78 is 42.8. The highest BCUT2D eigenvalue weighted by molar-refractivity contribution is 8.00. The number of thioether (sulfide) groups is 1. The zero-order valence-electron chi connectivity index (χ0n) is 16.0. The standard InChI is InChI=1S/C22H17Cl3F3NOS/c23-15-6-14(7-16(24)8-15)21(22(26,27)28)4-3-13(9-21)12-1-2-18(19(25)5-12)20(30)29-17-10-31-11-17/h1-2,5-9,17H,3-4,10-11H2,(H,29,30). The first kappa shape index (κ1) is 22.8. The normalized spacial score (nSPS) is 21.5. The van der Waals surface area contributed by atoms with Crippen LogP contribution < -0.4 is 5.32 Å². The van der Waals surface area contributed by atoms with Crippen LogP contribution in [0.5, 0.6) is 0 Å². The molecule has 9 heteroatoms. The van der Waals surface area contributed by atoms with Crippen molar-refractivity contribution in [2.45, 2.75) is 30.5 Å². The summed E-state index contributed by atoms with van der Waals surface area (Å²) >= 11 is 20.0. The summed E-state index contributed by atoms with van der Waals surface area (Å²) in [7, 11) is 0. The van der Waals surface area contributed by atoms with Gasteiger partial charge in [-0.15, -0.1) is 0 Å². The van der Waals surface area contributed by atoms with Crippen molar-refractivity contribution >= 4 is 58.0 Å². The Morgan fingerprint density at radius 1 is 1.06 bits per heavy atom. The molecule has 1 heterocycles. The molecule has 1 amide bonds. The molecule has 2 nitrogen and oxygen atoms in total. The second-order valence-corrected chi connectivity index (χ2v) is 10.1. The second-order valence-electron chi connectivity index (χ2n) is 7.70. The third-order valence-electron chi connectivity index (χ3n) is 5.65. The van der Waals surface area contributed by atoms with Crippen molar-refractivity contribution in [2.75, 3.05) is 11.5 Å². The maximum absolute atomic E-state index is 14.3. The van der Waals surface area contributed by atoms with Crippen LogP contribution in [0.3, 0.4) is 0 Å². The van der Waals surface area contributed by atoms with Crippen LogP contribution in [-0.4, -0.2) is 29.6 Å². The lowest BCUT2D eigenvalue weighted by Crippen LogP contribution is -2.43. The van der Waals surface area contributed by atoms with Crippen molar-refractivity contribution in [3.63, 3.8) is 0 Å². The molecule has 1 saturated heterocycles. The smallest absolute Gasteiger partial charge is 0.348 e. The Bertz CT molecular complexity index is 1050. The molecule has 1 unspecified atom stereocenters. The molecule has 1 aliphatic heterocycles. The number of nitrogens with one attached hydrogen (secondary N) is 1. The Hall–Kier alpha value is -1.34. The SMILES string of the molecule is O=C(NC1CSC1)c1ccc(C2=CC(c3cc(Cl)cc(Cl)c3)(C(F)(F)F)CC2)cc1Cl. The first-order valence-electron chi connectivity index (χ1n) is 9.53. The lowest BCUT2D eigenvalue weighted by Gasteiger charge is -2.31. The van der Waals surface area contributed by atoms with E-state index in [0.717, 1.165) is 11.5 Å². The minimum absolute atomic E-state index is 0.00737. The Balaban J connectivity index is 1.68. The molecule has 2 aromatic carbocycles. The van der Waals surface area contributed by atoms with Crippen LogP contribution in [0.1, 0.15) is 34.3 Å². The van der Waals surface area contributed by atoms with Crippen molar-refractivity contribution in [2.24, 2.45) is 0 Å². The third kappa shape index (κ3) is 4.45. The molecule has 1 atom stereocenters. The van der Waals surface area contributed by atoms with Gasteiger partial charge in [0, 0.05) is 27.6 Å². The number of alkyl halides is 3. The number of rotatable bonds is 4. The highest BCUT2D eigenvalue weighted by atomic mass is 35.5. The van der Waals surface area contributed by atoms with E-state index in [4.69, 9.17) is 34.8 Å². The molecule has 0 bridgehead atoms. The molecule has 0 radical (unpaired) electrons. The molecule has 31 heavy (non-hydrogen) atoms. The van der Waals surface area contributed by atoms with Crippen LogP contribution >= 0.6 is 46.6 Å². The van der Waals surface area contributed by atoms with Gasteiger partial charge in [0.15, 0.2) is 0 Å². The lowest BCUT2D eigenvalue weighted by atomic mass is 9.79. The topological polar surface area (TPSA) is 29.1 Å². The van der Waals surface area contributed by atoms with Gasteiger partial charge in [0.2, 0.25) is 0 Å². The van der Waals surface area contributed by atoms with Gasteiger partial charge in [-0.25, -0.2) is 0 Å². The van der Waals surface area contributed by atoms with Crippen molar-refractivity contribution in [1.82, 2.24) is 5.32 Å². The van der Waals surface area contributed by atoms with Gasteiger partial charge in [0.1, 0.15) is 5.41 Å². The Morgan fingerprint density at radius 3 is 2.29 bits per heavy atom. The Labute approximate surface area is 197 Å². The lowest BCUT2D eigenvalue weighted by molar-refractivity contribution is -0.175. The van der Waals surface area contributed by atoms with Crippen LogP contribution in [0.4, 0.5) is 13.2 Å². The van der Waals surface area contributed by atoms with Crippen molar-refractivity contribution in [3.8, 4) is 0 Å². The number of carbonyl (C=O) groups is 1. The molecule has 164 valence electrons. The molecule has 1 N–H and O–H groups in total. The summed E-state index contributed by atoms with van der Waals surface area (Å²) in [6, 6.07) is 8.89. The molecule has 4 rings (SSSR count). The Morgan fingerprint density at radius 2 is 1.74 bits per heavy atom. The van der Waals surface area contributed by atoms with E-state index >= 15 is 0 Å². The van der Waals surface area contributed by atoms with Crippen LogP contribution in [0.2, 0.25) is 15.1 Å². The summed E-state index contributed by atoms with van der Waals surface area (Å²) in [5.74, 6) is 1.45. The quantitative estimate of drug-likeness (QED) is 0.476. The van der Waals surface area contributed by atoms with Gasteiger partial charge in [-0.1, -0.05) is 46.9 Å². The maximum Gasteiger partial charge on any atom is 0.401 e. The van der Waals surface area contributed by atoms with Gasteiger partial charge in [-0.3, -0.25) is 4.79 Å². The minimum Gasteiger partial charge on any atom is -0.348 e. The number of allylic oxidation sites excluding steroid dienone is 2. The molecular formula is C22H17Cl3F3NOS. The molecule has 1 aliphatic carbocycles. The van der Waals surface area contributed by atoms with Gasteiger partial charge in [0.25, 0.3) is 5.91 Å². The number of benzene rings is 2. The summed E-state index contributed by atoms with van der Waals surface area (Å²) in [6.45, 7) is 0. The number of carbonyl (C=O) groups excluding carboxylic acids is 1. The monoisotopic (exact) mass is 505 g/mol. The van der Waals surface area contributed by atoms with E-state index in [0.29, 0.717) is 16.7 Å².